The van der Waals surface area contributed by atoms with Crippen LogP contribution in [0, 0.1) is 0 Å². The van der Waals surface area contributed by atoms with Crippen LogP contribution in [-0.4, -0.2) is 15.0 Å². The molecule has 1 atom stereocenters. The molecule has 7 aromatic carbocycles. The fraction of sp³-hybridized carbons (Fsp3) is 0.0727. The molecule has 1 unspecified atom stereocenters. The first kappa shape index (κ1) is 34.1. The highest BCUT2D eigenvalue weighted by Gasteiger charge is 2.55. The number of hydrogen-bond donors (Lipinski definition) is 0. The molecule has 0 saturated heterocycles. The monoisotopic (exact) mass is 741 g/mol. The van der Waals surface area contributed by atoms with Crippen LogP contribution in [0.4, 0.5) is 0 Å². The standard InChI is InChI=1S/C55H39N3/c1-3-20-44-46(4-2)55(47-33-18-17-31-45(47)50-41-28-14-11-25-37(41)38-26-12-15-29-42(38)51(50)55)48-34-19-32-40(49(44)48)39-27-13-16-30-43(39)54-57-52(35-21-7-5-8-22-35)56-53(58-54)36-23-9-6-10-24-36/h3-18,20-33H,2,19,34H2,1H3/b20-3-. The fourth-order valence-corrected chi connectivity index (χ4v) is 10.2. The Morgan fingerprint density at radius 2 is 1.09 bits per heavy atom. The summed E-state index contributed by atoms with van der Waals surface area (Å²) in [7, 11) is 0. The van der Waals surface area contributed by atoms with Crippen LogP contribution in [0.5, 0.6) is 0 Å². The first-order valence-electron chi connectivity index (χ1n) is 20.2. The van der Waals surface area contributed by atoms with Crippen LogP contribution in [0.3, 0.4) is 0 Å². The lowest BCUT2D eigenvalue weighted by Gasteiger charge is -2.36. The minimum Gasteiger partial charge on any atom is -0.208 e. The maximum Gasteiger partial charge on any atom is 0.164 e. The van der Waals surface area contributed by atoms with Crippen molar-refractivity contribution in [3.63, 3.8) is 0 Å². The summed E-state index contributed by atoms with van der Waals surface area (Å²) in [4.78, 5) is 15.4. The van der Waals surface area contributed by atoms with Gasteiger partial charge in [0, 0.05) is 16.7 Å². The molecule has 0 aliphatic heterocycles. The molecule has 0 bridgehead atoms. The second-order valence-electron chi connectivity index (χ2n) is 15.3. The van der Waals surface area contributed by atoms with E-state index in [0.717, 1.165) is 35.1 Å². The van der Waals surface area contributed by atoms with Crippen LogP contribution in [0.25, 0.3) is 72.4 Å². The van der Waals surface area contributed by atoms with Crippen LogP contribution in [-0.2, 0) is 5.41 Å². The van der Waals surface area contributed by atoms with E-state index in [1.165, 1.54) is 71.7 Å². The van der Waals surface area contributed by atoms with Gasteiger partial charge in [0.25, 0.3) is 0 Å². The molecule has 0 amide bonds. The van der Waals surface area contributed by atoms with Crippen molar-refractivity contribution in [1.29, 1.82) is 0 Å². The Balaban J connectivity index is 1.21. The van der Waals surface area contributed by atoms with Gasteiger partial charge < -0.3 is 0 Å². The van der Waals surface area contributed by atoms with Crippen molar-refractivity contribution in [2.45, 2.75) is 25.2 Å². The first-order valence-corrected chi connectivity index (χ1v) is 20.2. The van der Waals surface area contributed by atoms with Crippen LogP contribution < -0.4 is 0 Å². The fourth-order valence-electron chi connectivity index (χ4n) is 10.2. The van der Waals surface area contributed by atoms with Crippen molar-refractivity contribution in [3.8, 4) is 45.3 Å². The summed E-state index contributed by atoms with van der Waals surface area (Å²) >= 11 is 0. The lowest BCUT2D eigenvalue weighted by Crippen LogP contribution is -2.29. The average Bonchev–Trinajstić information content (AvgIpc) is 3.76. The molecule has 0 radical (unpaired) electrons. The third kappa shape index (κ3) is 4.83. The number of aromatic nitrogens is 3. The van der Waals surface area contributed by atoms with Gasteiger partial charge in [0.15, 0.2) is 17.5 Å². The van der Waals surface area contributed by atoms with Gasteiger partial charge in [0.2, 0.25) is 0 Å². The molecular formula is C55H39N3. The average molecular weight is 742 g/mol. The molecule has 1 aromatic heterocycles. The minimum atomic E-state index is -0.524. The van der Waals surface area contributed by atoms with Crippen LogP contribution in [0.15, 0.2) is 211 Å². The van der Waals surface area contributed by atoms with Crippen molar-refractivity contribution in [3.05, 3.63) is 228 Å². The second-order valence-corrected chi connectivity index (χ2v) is 15.3. The zero-order valence-corrected chi connectivity index (χ0v) is 32.3. The summed E-state index contributed by atoms with van der Waals surface area (Å²) in [6.45, 7) is 6.74. The third-order valence-electron chi connectivity index (χ3n) is 12.3. The number of rotatable bonds is 6. The van der Waals surface area contributed by atoms with Gasteiger partial charge in [-0.25, -0.2) is 15.0 Å². The number of nitrogens with zero attached hydrogens (tertiary/aromatic N) is 3. The van der Waals surface area contributed by atoms with Crippen molar-refractivity contribution < 1.29 is 0 Å². The van der Waals surface area contributed by atoms with Gasteiger partial charge in [-0.15, -0.1) is 0 Å². The van der Waals surface area contributed by atoms with E-state index in [4.69, 9.17) is 15.0 Å². The summed E-state index contributed by atoms with van der Waals surface area (Å²) in [5, 5.41) is 5.16. The summed E-state index contributed by atoms with van der Waals surface area (Å²) < 4.78 is 0. The number of benzene rings is 7. The predicted octanol–water partition coefficient (Wildman–Crippen LogP) is 13.7. The normalized spacial score (nSPS) is 16.9. The molecule has 3 nitrogen and oxygen atoms in total. The van der Waals surface area contributed by atoms with Crippen molar-refractivity contribution in [1.82, 2.24) is 15.0 Å². The molecule has 274 valence electrons. The summed E-state index contributed by atoms with van der Waals surface area (Å²) in [5.41, 5.74) is 15.2. The smallest absolute Gasteiger partial charge is 0.164 e. The quantitative estimate of drug-likeness (QED) is 0.159. The first-order chi connectivity index (χ1) is 28.7. The zero-order chi connectivity index (χ0) is 38.8. The van der Waals surface area contributed by atoms with Crippen molar-refractivity contribution in [2.24, 2.45) is 0 Å². The van der Waals surface area contributed by atoms with Gasteiger partial charge in [-0.3, -0.25) is 0 Å². The Kier molecular flexibility index (Phi) is 7.90. The summed E-state index contributed by atoms with van der Waals surface area (Å²) in [5.74, 6) is 1.95. The van der Waals surface area contributed by atoms with Gasteiger partial charge >= 0.3 is 0 Å². The van der Waals surface area contributed by atoms with E-state index >= 15 is 0 Å². The van der Waals surface area contributed by atoms with Gasteiger partial charge in [0.05, 0.1) is 5.41 Å². The van der Waals surface area contributed by atoms with Crippen LogP contribution in [0.1, 0.15) is 36.5 Å². The Morgan fingerprint density at radius 3 is 1.74 bits per heavy atom. The molecule has 58 heavy (non-hydrogen) atoms. The molecule has 3 aliphatic carbocycles. The summed E-state index contributed by atoms with van der Waals surface area (Å²) in [6.07, 6.45) is 10.9. The predicted molar refractivity (Wildman–Crippen MR) is 240 cm³/mol. The Labute approximate surface area is 338 Å². The number of fused-ring (bicyclic) bond motifs is 11. The molecule has 8 aromatic rings. The second kappa shape index (κ2) is 13.5. The lowest BCUT2D eigenvalue weighted by atomic mass is 9.65. The van der Waals surface area contributed by atoms with Gasteiger partial charge in [-0.1, -0.05) is 189 Å². The van der Waals surface area contributed by atoms with E-state index in [2.05, 4.69) is 159 Å². The molecular weight excluding hydrogens is 703 g/mol. The molecule has 0 saturated carbocycles. The van der Waals surface area contributed by atoms with E-state index in [9.17, 15) is 0 Å². The van der Waals surface area contributed by atoms with E-state index in [1.54, 1.807) is 0 Å². The van der Waals surface area contributed by atoms with E-state index in [0.29, 0.717) is 17.5 Å². The van der Waals surface area contributed by atoms with E-state index in [-0.39, 0.29) is 0 Å². The molecule has 11 rings (SSSR count). The summed E-state index contributed by atoms with van der Waals surface area (Å²) in [6, 6.07) is 56.2. The third-order valence-corrected chi connectivity index (χ3v) is 12.3. The molecule has 1 heterocycles. The van der Waals surface area contributed by atoms with Gasteiger partial charge in [-0.05, 0) is 97.0 Å². The lowest BCUT2D eigenvalue weighted by molar-refractivity contribution is 0.711. The van der Waals surface area contributed by atoms with Crippen LogP contribution >= 0.6 is 0 Å². The number of allylic oxidation sites excluding steroid dienone is 9. The largest absolute Gasteiger partial charge is 0.208 e. The van der Waals surface area contributed by atoms with Gasteiger partial charge in [-0.2, -0.15) is 0 Å². The molecule has 3 aliphatic rings. The molecule has 0 fully saturated rings. The van der Waals surface area contributed by atoms with Crippen molar-refractivity contribution in [2.75, 3.05) is 0 Å². The van der Waals surface area contributed by atoms with E-state index in [1.807, 2.05) is 36.4 Å². The Morgan fingerprint density at radius 1 is 0.552 bits per heavy atom. The highest BCUT2D eigenvalue weighted by molar-refractivity contribution is 6.19. The Hall–Kier alpha value is -7.23. The van der Waals surface area contributed by atoms with E-state index < -0.39 is 5.41 Å². The SMILES string of the molecule is C=CC1=C(/C=C\C)C2=C(CCC=C2c2ccccc2-c2nc(-c3ccccc3)nc(-c3ccccc3)n2)C12c1ccccc1-c1c2c2ccccc2c2ccccc12. The molecule has 1 spiro atoms. The molecule has 3 heteroatoms. The zero-order valence-electron chi connectivity index (χ0n) is 32.3. The van der Waals surface area contributed by atoms with Gasteiger partial charge in [0.1, 0.15) is 0 Å². The van der Waals surface area contributed by atoms with Crippen LogP contribution in [0.2, 0.25) is 0 Å². The minimum absolute atomic E-state index is 0.524. The molecule has 0 N–H and O–H groups in total. The maximum absolute atomic E-state index is 5.21. The number of hydrogen-bond acceptors (Lipinski definition) is 3. The highest BCUT2D eigenvalue weighted by atomic mass is 15.0. The topological polar surface area (TPSA) is 38.7 Å². The van der Waals surface area contributed by atoms with Crippen molar-refractivity contribution >= 4 is 27.1 Å². The maximum atomic E-state index is 5.21. The highest BCUT2D eigenvalue weighted by Crippen LogP contribution is 2.67. The Bertz CT molecular complexity index is 3070.